The number of nitrogens with zero attached hydrogens (tertiary/aromatic N) is 2. The molecule has 1 aliphatic heterocycles. The van der Waals surface area contributed by atoms with Crippen LogP contribution in [0, 0.1) is 0 Å². The summed E-state index contributed by atoms with van der Waals surface area (Å²) in [6.45, 7) is 4.23. The summed E-state index contributed by atoms with van der Waals surface area (Å²) in [6, 6.07) is 20.8. The van der Waals surface area contributed by atoms with E-state index in [4.69, 9.17) is 32.7 Å². The Balaban J connectivity index is 1.32. The molecule has 0 spiro atoms. The van der Waals surface area contributed by atoms with Crippen LogP contribution in [0.1, 0.15) is 21.5 Å². The number of carbonyl (C=O) groups is 1. The van der Waals surface area contributed by atoms with Gasteiger partial charge in [-0.3, -0.25) is 9.69 Å². The molecule has 33 heavy (non-hydrogen) atoms. The molecule has 0 aromatic heterocycles. The summed E-state index contributed by atoms with van der Waals surface area (Å²) in [5.74, 6) is 1.47. The molecule has 0 saturated carbocycles. The van der Waals surface area contributed by atoms with Gasteiger partial charge in [0.25, 0.3) is 5.91 Å². The van der Waals surface area contributed by atoms with E-state index in [9.17, 15) is 4.79 Å². The van der Waals surface area contributed by atoms with Crippen LogP contribution in [0.3, 0.4) is 0 Å². The van der Waals surface area contributed by atoms with Gasteiger partial charge in [-0.2, -0.15) is 0 Å². The van der Waals surface area contributed by atoms with E-state index in [0.717, 1.165) is 30.9 Å². The van der Waals surface area contributed by atoms with E-state index in [2.05, 4.69) is 17.0 Å². The molecule has 5 nitrogen and oxygen atoms in total. The average molecular weight is 485 g/mol. The van der Waals surface area contributed by atoms with E-state index in [1.54, 1.807) is 25.3 Å². The molecule has 1 aliphatic rings. The normalized spacial score (nSPS) is 14.2. The predicted octanol–water partition coefficient (Wildman–Crippen LogP) is 5.54. The van der Waals surface area contributed by atoms with Crippen LogP contribution in [0.4, 0.5) is 0 Å². The molecule has 172 valence electrons. The summed E-state index contributed by atoms with van der Waals surface area (Å²) < 4.78 is 11.1. The van der Waals surface area contributed by atoms with Crippen LogP contribution < -0.4 is 9.47 Å². The van der Waals surface area contributed by atoms with Gasteiger partial charge < -0.3 is 14.4 Å². The highest BCUT2D eigenvalue weighted by Crippen LogP contribution is 2.28. The van der Waals surface area contributed by atoms with Gasteiger partial charge in [0.1, 0.15) is 18.1 Å². The van der Waals surface area contributed by atoms with Crippen molar-refractivity contribution >= 4 is 29.1 Å². The summed E-state index contributed by atoms with van der Waals surface area (Å²) in [5, 5.41) is 1.02. The summed E-state index contributed by atoms with van der Waals surface area (Å²) in [5.41, 5.74) is 2.78. The number of carbonyl (C=O) groups excluding carboxylic acids is 1. The number of ether oxygens (including phenoxy) is 2. The molecule has 0 atom stereocenters. The molecule has 0 bridgehead atoms. The van der Waals surface area contributed by atoms with Crippen LogP contribution in [0.25, 0.3) is 0 Å². The minimum Gasteiger partial charge on any atom is -0.497 e. The van der Waals surface area contributed by atoms with E-state index in [-0.39, 0.29) is 5.91 Å². The lowest BCUT2D eigenvalue weighted by molar-refractivity contribution is 0.0628. The molecule has 3 aromatic rings. The minimum atomic E-state index is 0.0439. The van der Waals surface area contributed by atoms with Gasteiger partial charge in [0.05, 0.1) is 12.1 Å². The molecule has 0 unspecified atom stereocenters. The van der Waals surface area contributed by atoms with Gasteiger partial charge in [0.2, 0.25) is 0 Å². The SMILES string of the molecule is COc1cccc(CN2CCN(C(=O)c3cccc(COc4ccc(Cl)cc4Cl)c3)CC2)c1. The summed E-state index contributed by atoms with van der Waals surface area (Å²) in [4.78, 5) is 17.4. The van der Waals surface area contributed by atoms with Crippen molar-refractivity contribution in [3.05, 3.63) is 93.5 Å². The summed E-state index contributed by atoms with van der Waals surface area (Å²) >= 11 is 12.1. The van der Waals surface area contributed by atoms with Crippen LogP contribution in [0.15, 0.2) is 66.7 Å². The van der Waals surface area contributed by atoms with Crippen LogP contribution in [-0.2, 0) is 13.2 Å². The van der Waals surface area contributed by atoms with Crippen molar-refractivity contribution < 1.29 is 14.3 Å². The largest absolute Gasteiger partial charge is 0.497 e. The number of hydrogen-bond acceptors (Lipinski definition) is 4. The second kappa shape index (κ2) is 10.9. The van der Waals surface area contributed by atoms with Gasteiger partial charge in [-0.25, -0.2) is 0 Å². The molecule has 1 amide bonds. The Hall–Kier alpha value is -2.73. The van der Waals surface area contributed by atoms with Crippen molar-refractivity contribution in [1.82, 2.24) is 9.80 Å². The smallest absolute Gasteiger partial charge is 0.253 e. The number of rotatable bonds is 7. The fourth-order valence-corrected chi connectivity index (χ4v) is 4.33. The molecule has 1 heterocycles. The Bertz CT molecular complexity index is 1110. The molecule has 1 fully saturated rings. The summed E-state index contributed by atoms with van der Waals surface area (Å²) in [7, 11) is 1.68. The first-order chi connectivity index (χ1) is 16.0. The van der Waals surface area contributed by atoms with Crippen molar-refractivity contribution in [1.29, 1.82) is 0 Å². The molecule has 3 aromatic carbocycles. The predicted molar refractivity (Wildman–Crippen MR) is 131 cm³/mol. The quantitative estimate of drug-likeness (QED) is 0.441. The lowest BCUT2D eigenvalue weighted by Crippen LogP contribution is -2.48. The first-order valence-corrected chi connectivity index (χ1v) is 11.6. The van der Waals surface area contributed by atoms with Crippen LogP contribution in [0.5, 0.6) is 11.5 Å². The Morgan fingerprint density at radius 3 is 2.42 bits per heavy atom. The number of hydrogen-bond donors (Lipinski definition) is 0. The van der Waals surface area contributed by atoms with Gasteiger partial charge in [-0.15, -0.1) is 0 Å². The Morgan fingerprint density at radius 1 is 0.909 bits per heavy atom. The third kappa shape index (κ3) is 6.20. The molecular weight excluding hydrogens is 459 g/mol. The molecule has 1 saturated heterocycles. The third-order valence-electron chi connectivity index (χ3n) is 5.66. The van der Waals surface area contributed by atoms with Crippen LogP contribution in [-0.4, -0.2) is 49.0 Å². The number of piperazine rings is 1. The topological polar surface area (TPSA) is 42.0 Å². The maximum absolute atomic E-state index is 13.1. The second-order valence-corrected chi connectivity index (χ2v) is 8.83. The van der Waals surface area contributed by atoms with E-state index >= 15 is 0 Å². The van der Waals surface area contributed by atoms with Crippen molar-refractivity contribution in [3.8, 4) is 11.5 Å². The summed E-state index contributed by atoms with van der Waals surface area (Å²) in [6.07, 6.45) is 0. The molecular formula is C26H26Cl2N2O3. The van der Waals surface area contributed by atoms with Crippen LogP contribution in [0.2, 0.25) is 10.0 Å². The number of amides is 1. The highest BCUT2D eigenvalue weighted by atomic mass is 35.5. The van der Waals surface area contributed by atoms with Crippen molar-refractivity contribution in [2.24, 2.45) is 0 Å². The fraction of sp³-hybridized carbons (Fsp3) is 0.269. The van der Waals surface area contributed by atoms with E-state index in [1.807, 2.05) is 41.3 Å². The molecule has 4 rings (SSSR count). The zero-order valence-corrected chi connectivity index (χ0v) is 20.0. The molecule has 0 radical (unpaired) electrons. The van der Waals surface area contributed by atoms with Crippen LogP contribution >= 0.6 is 23.2 Å². The lowest BCUT2D eigenvalue weighted by Gasteiger charge is -2.35. The monoisotopic (exact) mass is 484 g/mol. The Labute approximate surface area is 204 Å². The van der Waals surface area contributed by atoms with Crippen molar-refractivity contribution in [2.45, 2.75) is 13.2 Å². The van der Waals surface area contributed by atoms with Gasteiger partial charge in [0, 0.05) is 43.3 Å². The fourth-order valence-electron chi connectivity index (χ4n) is 3.87. The standard InChI is InChI=1S/C26H26Cl2N2O3/c1-32-23-7-3-4-19(15-23)17-29-10-12-30(13-11-29)26(31)21-6-2-5-20(14-21)18-33-25-9-8-22(27)16-24(25)28/h2-9,14-16H,10-13,17-18H2,1H3. The Morgan fingerprint density at radius 2 is 1.67 bits per heavy atom. The van der Waals surface area contributed by atoms with E-state index in [0.29, 0.717) is 41.1 Å². The number of benzene rings is 3. The first-order valence-electron chi connectivity index (χ1n) is 10.8. The molecule has 0 aliphatic carbocycles. The van der Waals surface area contributed by atoms with Gasteiger partial charge in [-0.05, 0) is 53.6 Å². The van der Waals surface area contributed by atoms with Gasteiger partial charge >= 0.3 is 0 Å². The molecule has 0 N–H and O–H groups in total. The third-order valence-corrected chi connectivity index (χ3v) is 6.19. The maximum atomic E-state index is 13.1. The van der Waals surface area contributed by atoms with Gasteiger partial charge in [-0.1, -0.05) is 47.5 Å². The molecule has 7 heteroatoms. The zero-order valence-electron chi connectivity index (χ0n) is 18.5. The first kappa shape index (κ1) is 23.4. The van der Waals surface area contributed by atoms with Crippen molar-refractivity contribution in [3.63, 3.8) is 0 Å². The lowest BCUT2D eigenvalue weighted by atomic mass is 10.1. The van der Waals surface area contributed by atoms with Crippen molar-refractivity contribution in [2.75, 3.05) is 33.3 Å². The number of methoxy groups -OCH3 is 1. The maximum Gasteiger partial charge on any atom is 0.253 e. The Kier molecular flexibility index (Phi) is 7.76. The van der Waals surface area contributed by atoms with E-state index < -0.39 is 0 Å². The van der Waals surface area contributed by atoms with E-state index in [1.165, 1.54) is 5.56 Å². The second-order valence-electron chi connectivity index (χ2n) is 7.98. The zero-order chi connectivity index (χ0) is 23.2. The highest BCUT2D eigenvalue weighted by molar-refractivity contribution is 6.35. The minimum absolute atomic E-state index is 0.0439. The highest BCUT2D eigenvalue weighted by Gasteiger charge is 2.22. The average Bonchev–Trinajstić information content (AvgIpc) is 2.84. The number of halogens is 2. The van der Waals surface area contributed by atoms with Gasteiger partial charge in [0.15, 0.2) is 0 Å².